The van der Waals surface area contributed by atoms with Crippen LogP contribution in [0.2, 0.25) is 5.02 Å². The van der Waals surface area contributed by atoms with Gasteiger partial charge in [-0.3, -0.25) is 4.79 Å². The molecule has 0 aromatic heterocycles. The lowest BCUT2D eigenvalue weighted by molar-refractivity contribution is -0.119. The Bertz CT molecular complexity index is 491. The van der Waals surface area contributed by atoms with Crippen LogP contribution in [0.5, 0.6) is 11.5 Å². The van der Waals surface area contributed by atoms with Gasteiger partial charge in [0.05, 0.1) is 30.8 Å². The van der Waals surface area contributed by atoms with E-state index >= 15 is 0 Å². The second kappa shape index (κ2) is 5.04. The van der Waals surface area contributed by atoms with Gasteiger partial charge in [-0.1, -0.05) is 11.6 Å². The zero-order valence-electron chi connectivity index (χ0n) is 10.2. The molecule has 0 saturated carbocycles. The number of carbonyl (C=O) groups is 1. The summed E-state index contributed by atoms with van der Waals surface area (Å²) in [6.07, 6.45) is 0.522. The van der Waals surface area contributed by atoms with Gasteiger partial charge < -0.3 is 20.5 Å². The van der Waals surface area contributed by atoms with Crippen LogP contribution in [0.3, 0.4) is 0 Å². The van der Waals surface area contributed by atoms with Crippen molar-refractivity contribution in [3.8, 4) is 11.5 Å². The Kier molecular flexibility index (Phi) is 3.63. The van der Waals surface area contributed by atoms with Gasteiger partial charge in [-0.05, 0) is 6.42 Å². The number of fused-ring (bicyclic) bond motifs is 1. The molecule has 2 rings (SSSR count). The summed E-state index contributed by atoms with van der Waals surface area (Å²) in [4.78, 5) is 11.8. The monoisotopic (exact) mass is 270 g/mol. The molecule has 1 unspecified atom stereocenters. The van der Waals surface area contributed by atoms with E-state index in [1.807, 2.05) is 0 Å². The number of amides is 1. The molecule has 18 heavy (non-hydrogen) atoms. The van der Waals surface area contributed by atoms with Crippen LogP contribution in [-0.4, -0.2) is 26.7 Å². The lowest BCUT2D eigenvalue weighted by atomic mass is 9.92. The number of hydrogen-bond donors (Lipinski definition) is 2. The zero-order valence-corrected chi connectivity index (χ0v) is 11.0. The summed E-state index contributed by atoms with van der Waals surface area (Å²) in [5, 5.41) is 3.19. The molecule has 1 aliphatic rings. The van der Waals surface area contributed by atoms with Gasteiger partial charge in [-0.15, -0.1) is 0 Å². The third-order valence-electron chi connectivity index (χ3n) is 3.08. The van der Waals surface area contributed by atoms with Crippen LogP contribution < -0.4 is 20.5 Å². The summed E-state index contributed by atoms with van der Waals surface area (Å²) in [5.74, 6) is 0.718. The Morgan fingerprint density at radius 3 is 2.78 bits per heavy atom. The van der Waals surface area contributed by atoms with Crippen LogP contribution in [0.25, 0.3) is 0 Å². The summed E-state index contributed by atoms with van der Waals surface area (Å²) in [5.41, 5.74) is 7.03. The Hall–Kier alpha value is -1.46. The number of rotatable bonds is 3. The van der Waals surface area contributed by atoms with E-state index in [-0.39, 0.29) is 11.8 Å². The smallest absolute Gasteiger partial charge is 0.229 e. The quantitative estimate of drug-likeness (QED) is 0.871. The van der Waals surface area contributed by atoms with Crippen molar-refractivity contribution in [2.75, 3.05) is 26.1 Å². The van der Waals surface area contributed by atoms with Gasteiger partial charge in [0.1, 0.15) is 5.75 Å². The number of carbonyl (C=O) groups excluding carboxylic acids is 1. The summed E-state index contributed by atoms with van der Waals surface area (Å²) in [6, 6.07) is 1.68. The van der Waals surface area contributed by atoms with Crippen LogP contribution in [0.15, 0.2) is 6.07 Å². The van der Waals surface area contributed by atoms with Crippen molar-refractivity contribution < 1.29 is 14.3 Å². The molecule has 0 radical (unpaired) electrons. The fourth-order valence-corrected chi connectivity index (χ4v) is 2.39. The first-order chi connectivity index (χ1) is 8.62. The van der Waals surface area contributed by atoms with Crippen LogP contribution in [0, 0.1) is 5.92 Å². The highest BCUT2D eigenvalue weighted by Crippen LogP contribution is 2.44. The molecule has 1 aliphatic heterocycles. The van der Waals surface area contributed by atoms with Crippen LogP contribution in [0.1, 0.15) is 5.56 Å². The highest BCUT2D eigenvalue weighted by molar-refractivity contribution is 6.33. The predicted octanol–water partition coefficient (Wildman–Crippen LogP) is 1.43. The number of anilines is 1. The Morgan fingerprint density at radius 2 is 2.22 bits per heavy atom. The van der Waals surface area contributed by atoms with Crippen molar-refractivity contribution in [1.82, 2.24) is 0 Å². The van der Waals surface area contributed by atoms with Crippen molar-refractivity contribution in [3.63, 3.8) is 0 Å². The molecule has 1 aromatic rings. The molecule has 0 spiro atoms. The average Bonchev–Trinajstić information content (AvgIpc) is 2.37. The van der Waals surface area contributed by atoms with E-state index in [0.29, 0.717) is 35.2 Å². The Labute approximate surface area is 110 Å². The highest BCUT2D eigenvalue weighted by atomic mass is 35.5. The van der Waals surface area contributed by atoms with E-state index in [1.54, 1.807) is 13.2 Å². The molecule has 6 heteroatoms. The van der Waals surface area contributed by atoms with Gasteiger partial charge >= 0.3 is 0 Å². The second-order valence-electron chi connectivity index (χ2n) is 4.07. The molecular weight excluding hydrogens is 256 g/mol. The molecule has 1 atom stereocenters. The average molecular weight is 271 g/mol. The number of ether oxygens (including phenoxy) is 2. The fraction of sp³-hybridized carbons (Fsp3) is 0.417. The molecule has 5 nitrogen and oxygen atoms in total. The van der Waals surface area contributed by atoms with E-state index < -0.39 is 0 Å². The largest absolute Gasteiger partial charge is 0.496 e. The maximum Gasteiger partial charge on any atom is 0.229 e. The minimum atomic E-state index is -0.253. The van der Waals surface area contributed by atoms with Crippen LogP contribution in [-0.2, 0) is 11.2 Å². The first-order valence-corrected chi connectivity index (χ1v) is 5.94. The molecule has 1 amide bonds. The summed E-state index contributed by atoms with van der Waals surface area (Å²) < 4.78 is 10.5. The van der Waals surface area contributed by atoms with E-state index in [1.165, 1.54) is 7.11 Å². The van der Waals surface area contributed by atoms with Crippen molar-refractivity contribution in [2.45, 2.75) is 6.42 Å². The summed E-state index contributed by atoms with van der Waals surface area (Å²) in [6.45, 7) is 0.291. The van der Waals surface area contributed by atoms with Gasteiger partial charge in [-0.2, -0.15) is 0 Å². The number of hydrogen-bond acceptors (Lipinski definition) is 4. The normalized spacial score (nSPS) is 18.0. The Morgan fingerprint density at radius 1 is 1.50 bits per heavy atom. The minimum Gasteiger partial charge on any atom is -0.496 e. The summed E-state index contributed by atoms with van der Waals surface area (Å²) >= 11 is 6.08. The molecule has 0 fully saturated rings. The van der Waals surface area contributed by atoms with Gasteiger partial charge in [0.15, 0.2) is 5.75 Å². The molecule has 1 heterocycles. The lowest BCUT2D eigenvalue weighted by Gasteiger charge is -2.27. The zero-order chi connectivity index (χ0) is 13.3. The van der Waals surface area contributed by atoms with Crippen molar-refractivity contribution in [3.05, 3.63) is 16.7 Å². The summed E-state index contributed by atoms with van der Waals surface area (Å²) in [7, 11) is 3.07. The molecule has 98 valence electrons. The first kappa shape index (κ1) is 13.0. The number of nitrogens with two attached hydrogens (primary N) is 1. The third kappa shape index (κ3) is 2.00. The maximum absolute atomic E-state index is 11.8. The van der Waals surface area contributed by atoms with E-state index in [0.717, 1.165) is 5.56 Å². The number of halogens is 1. The fourth-order valence-electron chi connectivity index (χ4n) is 2.12. The third-order valence-corrected chi connectivity index (χ3v) is 3.36. The van der Waals surface area contributed by atoms with Crippen molar-refractivity contribution in [2.24, 2.45) is 11.7 Å². The minimum absolute atomic E-state index is 0.118. The molecule has 1 aromatic carbocycles. The lowest BCUT2D eigenvalue weighted by Crippen LogP contribution is -2.35. The number of nitrogens with one attached hydrogen (secondary N) is 1. The van der Waals surface area contributed by atoms with E-state index in [4.69, 9.17) is 26.8 Å². The highest BCUT2D eigenvalue weighted by Gasteiger charge is 2.30. The topological polar surface area (TPSA) is 73.6 Å². The van der Waals surface area contributed by atoms with Gasteiger partial charge in [0.25, 0.3) is 0 Å². The molecular formula is C12H15ClN2O3. The molecule has 0 aliphatic carbocycles. The molecule has 0 saturated heterocycles. The van der Waals surface area contributed by atoms with Crippen molar-refractivity contribution in [1.29, 1.82) is 0 Å². The van der Waals surface area contributed by atoms with Crippen LogP contribution >= 0.6 is 11.6 Å². The first-order valence-electron chi connectivity index (χ1n) is 5.56. The second-order valence-corrected chi connectivity index (χ2v) is 4.48. The molecule has 3 N–H and O–H groups in total. The van der Waals surface area contributed by atoms with Gasteiger partial charge in [0.2, 0.25) is 5.91 Å². The van der Waals surface area contributed by atoms with Gasteiger partial charge in [0, 0.05) is 18.2 Å². The standard InChI is InChI=1S/C12H15ClN2O3/c1-17-9-4-8(13)11(18-2)10-7(9)3-6(5-14)12(16)15-10/h4,6H,3,5,14H2,1-2H3,(H,15,16). The Balaban J connectivity index is 2.58. The SMILES string of the molecule is COc1cc(Cl)c(OC)c2c1CC(CN)C(=O)N2. The predicted molar refractivity (Wildman–Crippen MR) is 69.4 cm³/mol. The number of benzene rings is 1. The van der Waals surface area contributed by atoms with Crippen LogP contribution in [0.4, 0.5) is 5.69 Å². The number of methoxy groups -OCH3 is 2. The van der Waals surface area contributed by atoms with Crippen molar-refractivity contribution >= 4 is 23.2 Å². The maximum atomic E-state index is 11.8. The van der Waals surface area contributed by atoms with Gasteiger partial charge in [-0.25, -0.2) is 0 Å². The molecule has 0 bridgehead atoms. The van der Waals surface area contributed by atoms with E-state index in [2.05, 4.69) is 5.32 Å². The van der Waals surface area contributed by atoms with E-state index in [9.17, 15) is 4.79 Å².